The van der Waals surface area contributed by atoms with Gasteiger partial charge in [-0.15, -0.1) is 0 Å². The minimum absolute atomic E-state index is 0.0766. The van der Waals surface area contributed by atoms with E-state index in [1.165, 1.54) is 12.1 Å². The standard InChI is InChI=1S/C24H29FN2O2/c1-18(24(29)26-22-9-5-6-10-22)27(17-20-11-14-21(25)15-12-20)23(28)16-13-19-7-3-2-4-8-19/h2-4,7-8,11-12,14-15,18,22H,5-6,9-10,13,16-17H2,1H3,(H,26,29). The Morgan fingerprint density at radius 1 is 1.03 bits per heavy atom. The summed E-state index contributed by atoms with van der Waals surface area (Å²) in [5, 5.41) is 3.09. The van der Waals surface area contributed by atoms with Gasteiger partial charge in [0, 0.05) is 19.0 Å². The summed E-state index contributed by atoms with van der Waals surface area (Å²) in [5.74, 6) is -0.512. The molecule has 1 aliphatic rings. The van der Waals surface area contributed by atoms with E-state index in [0.29, 0.717) is 12.8 Å². The van der Waals surface area contributed by atoms with Gasteiger partial charge in [0.2, 0.25) is 11.8 Å². The fourth-order valence-corrected chi connectivity index (χ4v) is 3.80. The van der Waals surface area contributed by atoms with Crippen LogP contribution in [0.1, 0.15) is 50.2 Å². The first-order chi connectivity index (χ1) is 14.0. The molecule has 1 N–H and O–H groups in total. The molecule has 2 aromatic rings. The van der Waals surface area contributed by atoms with Crippen molar-refractivity contribution in [1.29, 1.82) is 0 Å². The molecule has 1 unspecified atom stereocenters. The molecule has 0 aromatic heterocycles. The number of nitrogens with zero attached hydrogens (tertiary/aromatic N) is 1. The van der Waals surface area contributed by atoms with Crippen LogP contribution in [0, 0.1) is 5.82 Å². The predicted molar refractivity (Wildman–Crippen MR) is 112 cm³/mol. The highest BCUT2D eigenvalue weighted by atomic mass is 19.1. The second-order valence-electron chi connectivity index (χ2n) is 7.80. The highest BCUT2D eigenvalue weighted by Crippen LogP contribution is 2.19. The van der Waals surface area contributed by atoms with Gasteiger partial charge in [0.25, 0.3) is 0 Å². The molecule has 0 aliphatic heterocycles. The van der Waals surface area contributed by atoms with E-state index in [2.05, 4.69) is 5.32 Å². The lowest BCUT2D eigenvalue weighted by Gasteiger charge is -2.30. The maximum atomic E-state index is 13.3. The summed E-state index contributed by atoms with van der Waals surface area (Å²) in [6, 6.07) is 15.5. The van der Waals surface area contributed by atoms with Crippen molar-refractivity contribution < 1.29 is 14.0 Å². The van der Waals surface area contributed by atoms with Crippen molar-refractivity contribution in [2.45, 2.75) is 64.1 Å². The summed E-state index contributed by atoms with van der Waals surface area (Å²) in [7, 11) is 0. The van der Waals surface area contributed by atoms with Gasteiger partial charge in [-0.25, -0.2) is 4.39 Å². The van der Waals surface area contributed by atoms with Crippen LogP contribution in [0.5, 0.6) is 0 Å². The third-order valence-corrected chi connectivity index (χ3v) is 5.61. The Morgan fingerprint density at radius 3 is 2.34 bits per heavy atom. The zero-order valence-corrected chi connectivity index (χ0v) is 16.9. The normalized spacial score (nSPS) is 15.1. The molecule has 1 saturated carbocycles. The quantitative estimate of drug-likeness (QED) is 0.726. The van der Waals surface area contributed by atoms with Gasteiger partial charge in [-0.05, 0) is 49.4 Å². The number of carbonyl (C=O) groups excluding carboxylic acids is 2. The molecule has 0 bridgehead atoms. The first-order valence-corrected chi connectivity index (χ1v) is 10.4. The molecule has 4 nitrogen and oxygen atoms in total. The Kier molecular flexibility index (Phi) is 7.39. The third-order valence-electron chi connectivity index (χ3n) is 5.61. The molecule has 5 heteroatoms. The average molecular weight is 397 g/mol. The number of hydrogen-bond donors (Lipinski definition) is 1. The zero-order valence-electron chi connectivity index (χ0n) is 16.9. The molecule has 154 valence electrons. The summed E-state index contributed by atoms with van der Waals surface area (Å²) in [4.78, 5) is 27.5. The molecule has 0 heterocycles. The van der Waals surface area contributed by atoms with Gasteiger partial charge >= 0.3 is 0 Å². The monoisotopic (exact) mass is 396 g/mol. The van der Waals surface area contributed by atoms with Crippen LogP contribution in [0.25, 0.3) is 0 Å². The molecular formula is C24H29FN2O2. The van der Waals surface area contributed by atoms with Crippen molar-refractivity contribution >= 4 is 11.8 Å². The minimum atomic E-state index is -0.580. The number of benzene rings is 2. The van der Waals surface area contributed by atoms with Crippen LogP contribution in [0.15, 0.2) is 54.6 Å². The maximum Gasteiger partial charge on any atom is 0.242 e. The van der Waals surface area contributed by atoms with E-state index in [4.69, 9.17) is 0 Å². The van der Waals surface area contributed by atoms with Crippen molar-refractivity contribution in [3.63, 3.8) is 0 Å². The Hall–Kier alpha value is -2.69. The molecule has 0 spiro atoms. The second kappa shape index (κ2) is 10.2. The molecular weight excluding hydrogens is 367 g/mol. The molecule has 1 atom stereocenters. The number of halogens is 1. The van der Waals surface area contributed by atoms with E-state index in [9.17, 15) is 14.0 Å². The second-order valence-corrected chi connectivity index (χ2v) is 7.80. The van der Waals surface area contributed by atoms with E-state index in [-0.39, 0.29) is 30.2 Å². The van der Waals surface area contributed by atoms with Crippen LogP contribution < -0.4 is 5.32 Å². The number of amides is 2. The first kappa shape index (κ1) is 21.0. The predicted octanol–water partition coefficient (Wildman–Crippen LogP) is 4.23. The highest BCUT2D eigenvalue weighted by Gasteiger charge is 2.28. The minimum Gasteiger partial charge on any atom is -0.352 e. The van der Waals surface area contributed by atoms with Crippen LogP contribution in [-0.4, -0.2) is 28.8 Å². The molecule has 29 heavy (non-hydrogen) atoms. The van der Waals surface area contributed by atoms with Crippen LogP contribution in [0.3, 0.4) is 0 Å². The van der Waals surface area contributed by atoms with Gasteiger partial charge in [-0.2, -0.15) is 0 Å². The van der Waals surface area contributed by atoms with Gasteiger partial charge in [0.15, 0.2) is 0 Å². The lowest BCUT2D eigenvalue weighted by molar-refractivity contribution is -0.140. The number of carbonyl (C=O) groups is 2. The molecule has 2 aromatic carbocycles. The lowest BCUT2D eigenvalue weighted by Crippen LogP contribution is -2.49. The highest BCUT2D eigenvalue weighted by molar-refractivity contribution is 5.87. The Labute approximate surface area is 172 Å². The van der Waals surface area contributed by atoms with Gasteiger partial charge in [-0.1, -0.05) is 55.3 Å². The van der Waals surface area contributed by atoms with Crippen LogP contribution in [0.2, 0.25) is 0 Å². The van der Waals surface area contributed by atoms with Crippen LogP contribution in [0.4, 0.5) is 4.39 Å². The van der Waals surface area contributed by atoms with Gasteiger partial charge in [-0.3, -0.25) is 9.59 Å². The zero-order chi connectivity index (χ0) is 20.6. The molecule has 2 amide bonds. The van der Waals surface area contributed by atoms with E-state index in [0.717, 1.165) is 36.8 Å². The van der Waals surface area contributed by atoms with Crippen molar-refractivity contribution in [3.05, 3.63) is 71.5 Å². The largest absolute Gasteiger partial charge is 0.352 e. The van der Waals surface area contributed by atoms with Crippen molar-refractivity contribution in [2.24, 2.45) is 0 Å². The Morgan fingerprint density at radius 2 is 1.69 bits per heavy atom. The molecule has 0 radical (unpaired) electrons. The number of rotatable bonds is 8. The number of aryl methyl sites for hydroxylation is 1. The smallest absolute Gasteiger partial charge is 0.242 e. The Balaban J connectivity index is 1.69. The lowest BCUT2D eigenvalue weighted by atomic mass is 10.1. The summed E-state index contributed by atoms with van der Waals surface area (Å²) >= 11 is 0. The van der Waals surface area contributed by atoms with E-state index >= 15 is 0 Å². The topological polar surface area (TPSA) is 49.4 Å². The van der Waals surface area contributed by atoms with Gasteiger partial charge in [0.05, 0.1) is 0 Å². The van der Waals surface area contributed by atoms with E-state index < -0.39 is 6.04 Å². The van der Waals surface area contributed by atoms with Crippen molar-refractivity contribution in [3.8, 4) is 0 Å². The fraction of sp³-hybridized carbons (Fsp3) is 0.417. The summed E-state index contributed by atoms with van der Waals surface area (Å²) < 4.78 is 13.3. The SMILES string of the molecule is CC(C(=O)NC1CCCC1)N(Cc1ccc(F)cc1)C(=O)CCc1ccccc1. The molecule has 1 aliphatic carbocycles. The average Bonchev–Trinajstić information content (AvgIpc) is 3.25. The summed E-state index contributed by atoms with van der Waals surface area (Å²) in [6.07, 6.45) is 5.21. The fourth-order valence-electron chi connectivity index (χ4n) is 3.80. The van der Waals surface area contributed by atoms with Crippen LogP contribution >= 0.6 is 0 Å². The van der Waals surface area contributed by atoms with Crippen LogP contribution in [-0.2, 0) is 22.6 Å². The van der Waals surface area contributed by atoms with Crippen molar-refractivity contribution in [1.82, 2.24) is 10.2 Å². The molecule has 3 rings (SSSR count). The first-order valence-electron chi connectivity index (χ1n) is 10.4. The Bertz CT molecular complexity index is 801. The molecule has 0 saturated heterocycles. The van der Waals surface area contributed by atoms with Crippen molar-refractivity contribution in [2.75, 3.05) is 0 Å². The third kappa shape index (κ3) is 6.14. The number of hydrogen-bond acceptors (Lipinski definition) is 2. The van der Waals surface area contributed by atoms with Gasteiger partial charge < -0.3 is 10.2 Å². The van der Waals surface area contributed by atoms with E-state index in [1.54, 1.807) is 24.0 Å². The summed E-state index contributed by atoms with van der Waals surface area (Å²) in [6.45, 7) is 2.06. The molecule has 1 fully saturated rings. The maximum absolute atomic E-state index is 13.3. The summed E-state index contributed by atoms with van der Waals surface area (Å²) in [5.41, 5.74) is 1.89. The van der Waals surface area contributed by atoms with E-state index in [1.807, 2.05) is 30.3 Å². The number of nitrogens with one attached hydrogen (secondary N) is 1. The van der Waals surface area contributed by atoms with Gasteiger partial charge in [0.1, 0.15) is 11.9 Å².